The molecule has 1 unspecified atom stereocenters. The maximum absolute atomic E-state index is 11.7. The summed E-state index contributed by atoms with van der Waals surface area (Å²) in [6.07, 6.45) is 0. The molecule has 22 heavy (non-hydrogen) atoms. The van der Waals surface area contributed by atoms with Gasteiger partial charge in [0.25, 0.3) is 0 Å². The monoisotopic (exact) mass is 288 g/mol. The predicted octanol–water partition coefficient (Wildman–Crippen LogP) is 3.96. The van der Waals surface area contributed by atoms with Crippen LogP contribution in [0.3, 0.4) is 0 Å². The van der Waals surface area contributed by atoms with Crippen LogP contribution in [-0.4, -0.2) is 12.2 Å². The van der Waals surface area contributed by atoms with Gasteiger partial charge >= 0.3 is 0 Å². The molecule has 3 aromatic rings. The molecule has 0 saturated heterocycles. The van der Waals surface area contributed by atoms with Crippen LogP contribution in [0.25, 0.3) is 11.1 Å². The molecule has 4 rings (SSSR count). The Morgan fingerprint density at radius 3 is 2.23 bits per heavy atom. The average Bonchev–Trinajstić information content (AvgIpc) is 2.87. The van der Waals surface area contributed by atoms with Gasteiger partial charge in [0.2, 0.25) is 0 Å². The molecule has 0 aromatic heterocycles. The van der Waals surface area contributed by atoms with Gasteiger partial charge in [-0.1, -0.05) is 66.7 Å². The SMILES string of the molecule is COc1cccc2c1C(O)(c1ccccc1)c1ccccc1-2. The maximum atomic E-state index is 11.7. The van der Waals surface area contributed by atoms with Crippen molar-refractivity contribution in [3.05, 3.63) is 89.5 Å². The zero-order valence-corrected chi connectivity index (χ0v) is 12.3. The molecule has 0 spiro atoms. The fraction of sp³-hybridized carbons (Fsp3) is 0.100. The Labute approximate surface area is 129 Å². The van der Waals surface area contributed by atoms with Crippen LogP contribution in [0.5, 0.6) is 5.75 Å². The van der Waals surface area contributed by atoms with E-state index in [1.807, 2.05) is 66.7 Å². The number of hydrogen-bond donors (Lipinski definition) is 1. The van der Waals surface area contributed by atoms with E-state index >= 15 is 0 Å². The number of fused-ring (bicyclic) bond motifs is 3. The van der Waals surface area contributed by atoms with Gasteiger partial charge in [0.05, 0.1) is 7.11 Å². The lowest BCUT2D eigenvalue weighted by Crippen LogP contribution is -2.26. The molecule has 1 N–H and O–H groups in total. The van der Waals surface area contributed by atoms with Gasteiger partial charge in [0, 0.05) is 11.1 Å². The maximum Gasteiger partial charge on any atom is 0.145 e. The minimum Gasteiger partial charge on any atom is -0.496 e. The van der Waals surface area contributed by atoms with Crippen molar-refractivity contribution in [1.82, 2.24) is 0 Å². The fourth-order valence-electron chi connectivity index (χ4n) is 3.45. The van der Waals surface area contributed by atoms with E-state index in [1.54, 1.807) is 7.11 Å². The molecule has 2 heteroatoms. The molecule has 0 heterocycles. The summed E-state index contributed by atoms with van der Waals surface area (Å²) in [5, 5.41) is 11.7. The van der Waals surface area contributed by atoms with E-state index in [1.165, 1.54) is 0 Å². The lowest BCUT2D eigenvalue weighted by atomic mass is 9.84. The summed E-state index contributed by atoms with van der Waals surface area (Å²) in [5.74, 6) is 0.708. The van der Waals surface area contributed by atoms with Gasteiger partial charge in [-0.25, -0.2) is 0 Å². The number of methoxy groups -OCH3 is 1. The molecule has 1 aliphatic carbocycles. The zero-order valence-electron chi connectivity index (χ0n) is 12.3. The molecule has 1 aliphatic rings. The Kier molecular flexibility index (Phi) is 2.81. The van der Waals surface area contributed by atoms with Crippen LogP contribution < -0.4 is 4.74 Å². The molecule has 2 nitrogen and oxygen atoms in total. The summed E-state index contributed by atoms with van der Waals surface area (Å²) in [5.41, 5.74) is 3.49. The highest BCUT2D eigenvalue weighted by Gasteiger charge is 2.45. The smallest absolute Gasteiger partial charge is 0.145 e. The van der Waals surface area contributed by atoms with Gasteiger partial charge < -0.3 is 9.84 Å². The summed E-state index contributed by atoms with van der Waals surface area (Å²) in [4.78, 5) is 0. The average molecular weight is 288 g/mol. The minimum absolute atomic E-state index is 0.708. The highest BCUT2D eigenvalue weighted by molar-refractivity contribution is 5.84. The number of rotatable bonds is 2. The molecule has 0 bridgehead atoms. The highest BCUT2D eigenvalue weighted by Crippen LogP contribution is 2.53. The minimum atomic E-state index is -1.18. The first-order valence-electron chi connectivity index (χ1n) is 7.32. The van der Waals surface area contributed by atoms with Gasteiger partial charge in [-0.3, -0.25) is 0 Å². The molecule has 0 fully saturated rings. The summed E-state index contributed by atoms with van der Waals surface area (Å²) in [6.45, 7) is 0. The Morgan fingerprint density at radius 2 is 1.45 bits per heavy atom. The quantitative estimate of drug-likeness (QED) is 0.773. The third kappa shape index (κ3) is 1.59. The number of hydrogen-bond acceptors (Lipinski definition) is 2. The molecule has 1 atom stereocenters. The number of benzene rings is 3. The van der Waals surface area contributed by atoms with Crippen molar-refractivity contribution < 1.29 is 9.84 Å². The first-order valence-corrected chi connectivity index (χ1v) is 7.32. The second-order valence-corrected chi connectivity index (χ2v) is 5.50. The molecule has 0 saturated carbocycles. The van der Waals surface area contributed by atoms with Crippen molar-refractivity contribution >= 4 is 0 Å². The van der Waals surface area contributed by atoms with Gasteiger partial charge in [-0.05, 0) is 22.8 Å². The molecule has 0 aliphatic heterocycles. The fourth-order valence-corrected chi connectivity index (χ4v) is 3.45. The van der Waals surface area contributed by atoms with Crippen molar-refractivity contribution in [3.8, 4) is 16.9 Å². The largest absolute Gasteiger partial charge is 0.496 e. The van der Waals surface area contributed by atoms with E-state index in [9.17, 15) is 5.11 Å². The first-order chi connectivity index (χ1) is 10.8. The topological polar surface area (TPSA) is 29.5 Å². The van der Waals surface area contributed by atoms with Crippen LogP contribution in [0.2, 0.25) is 0 Å². The van der Waals surface area contributed by atoms with E-state index in [0.717, 1.165) is 27.8 Å². The van der Waals surface area contributed by atoms with E-state index in [0.29, 0.717) is 5.75 Å². The van der Waals surface area contributed by atoms with E-state index in [4.69, 9.17) is 4.74 Å². The Balaban J connectivity index is 2.12. The standard InChI is InChI=1S/C20H16O2/c1-22-18-13-7-11-16-15-10-5-6-12-17(15)20(21,19(16)18)14-8-3-2-4-9-14/h2-13,21H,1H3. The van der Waals surface area contributed by atoms with E-state index < -0.39 is 5.60 Å². The predicted molar refractivity (Wildman–Crippen MR) is 87.0 cm³/mol. The molecule has 0 radical (unpaired) electrons. The highest BCUT2D eigenvalue weighted by atomic mass is 16.5. The molecule has 108 valence electrons. The van der Waals surface area contributed by atoms with Crippen LogP contribution in [0, 0.1) is 0 Å². The van der Waals surface area contributed by atoms with E-state index in [-0.39, 0.29) is 0 Å². The Bertz CT molecular complexity index is 839. The molecule has 3 aromatic carbocycles. The molecule has 0 amide bonds. The second-order valence-electron chi connectivity index (χ2n) is 5.50. The summed E-state index contributed by atoms with van der Waals surface area (Å²) in [6, 6.07) is 23.7. The third-order valence-corrected chi connectivity index (χ3v) is 4.41. The van der Waals surface area contributed by atoms with Crippen molar-refractivity contribution in [2.45, 2.75) is 5.60 Å². The van der Waals surface area contributed by atoms with Crippen molar-refractivity contribution in [2.75, 3.05) is 7.11 Å². The van der Waals surface area contributed by atoms with E-state index in [2.05, 4.69) is 6.07 Å². The molecular weight excluding hydrogens is 272 g/mol. The zero-order chi connectivity index (χ0) is 15.2. The van der Waals surface area contributed by atoms with Gasteiger partial charge in [0.1, 0.15) is 11.4 Å². The summed E-state index contributed by atoms with van der Waals surface area (Å²) in [7, 11) is 1.64. The van der Waals surface area contributed by atoms with Crippen LogP contribution in [0.15, 0.2) is 72.8 Å². The van der Waals surface area contributed by atoms with Gasteiger partial charge in [0.15, 0.2) is 0 Å². The van der Waals surface area contributed by atoms with Gasteiger partial charge in [-0.2, -0.15) is 0 Å². The van der Waals surface area contributed by atoms with Crippen molar-refractivity contribution in [2.24, 2.45) is 0 Å². The molecular formula is C20H16O2. The van der Waals surface area contributed by atoms with Crippen molar-refractivity contribution in [1.29, 1.82) is 0 Å². The first kappa shape index (κ1) is 13.1. The van der Waals surface area contributed by atoms with Crippen LogP contribution in [-0.2, 0) is 5.60 Å². The lowest BCUT2D eigenvalue weighted by molar-refractivity contribution is 0.127. The number of aliphatic hydroxyl groups is 1. The normalized spacial score (nSPS) is 18.6. The second kappa shape index (κ2) is 4.72. The summed E-state index contributed by atoms with van der Waals surface area (Å²) < 4.78 is 5.55. The van der Waals surface area contributed by atoms with Crippen LogP contribution in [0.1, 0.15) is 16.7 Å². The van der Waals surface area contributed by atoms with Crippen LogP contribution in [0.4, 0.5) is 0 Å². The van der Waals surface area contributed by atoms with Gasteiger partial charge in [-0.15, -0.1) is 0 Å². The number of ether oxygens (including phenoxy) is 1. The summed E-state index contributed by atoms with van der Waals surface area (Å²) >= 11 is 0. The third-order valence-electron chi connectivity index (χ3n) is 4.41. The van der Waals surface area contributed by atoms with Crippen LogP contribution >= 0.6 is 0 Å². The van der Waals surface area contributed by atoms with Crippen molar-refractivity contribution in [3.63, 3.8) is 0 Å². The lowest BCUT2D eigenvalue weighted by Gasteiger charge is -2.27. The Morgan fingerprint density at radius 1 is 0.773 bits per heavy atom. The Hall–Kier alpha value is -2.58.